The number of alkyl halides is 6. The van der Waals surface area contributed by atoms with Crippen molar-refractivity contribution in [2.75, 3.05) is 36.9 Å². The van der Waals surface area contributed by atoms with E-state index in [4.69, 9.17) is 41.4 Å². The first kappa shape index (κ1) is 55.9. The van der Waals surface area contributed by atoms with Crippen molar-refractivity contribution in [1.29, 1.82) is 5.41 Å². The van der Waals surface area contributed by atoms with Gasteiger partial charge in [0.1, 0.15) is 5.75 Å². The highest BCUT2D eigenvalue weighted by molar-refractivity contribution is 6.04. The number of hydrogen-bond donors (Lipinski definition) is 10. The molecular weight excluding hydrogens is 929 g/mol. The van der Waals surface area contributed by atoms with Gasteiger partial charge in [-0.05, 0) is 98.7 Å². The number of amides is 5. The first-order valence-electron chi connectivity index (χ1n) is 21.3. The lowest BCUT2D eigenvalue weighted by atomic mass is 10.1. The van der Waals surface area contributed by atoms with E-state index >= 15 is 0 Å². The molecule has 1 fully saturated rings. The molecule has 1 aliphatic carbocycles. The molecule has 1 atom stereocenters. The summed E-state index contributed by atoms with van der Waals surface area (Å²) in [4.78, 5) is 82.4. The first-order chi connectivity index (χ1) is 32.5. The summed E-state index contributed by atoms with van der Waals surface area (Å²) < 4.78 is 69.0. The van der Waals surface area contributed by atoms with E-state index < -0.39 is 30.3 Å². The molecule has 1 saturated carbocycles. The van der Waals surface area contributed by atoms with Crippen LogP contribution in [0.25, 0.3) is 0 Å². The summed E-state index contributed by atoms with van der Waals surface area (Å²) in [5.74, 6) is -6.13. The second-order valence-corrected chi connectivity index (χ2v) is 15.5. The van der Waals surface area contributed by atoms with Crippen LogP contribution in [-0.4, -0.2) is 113 Å². The van der Waals surface area contributed by atoms with E-state index in [1.165, 1.54) is 0 Å². The van der Waals surface area contributed by atoms with Crippen LogP contribution in [-0.2, 0) is 25.7 Å². The smallest absolute Gasteiger partial charge is 0.482 e. The molecule has 12 N–H and O–H groups in total. The third-order valence-electron chi connectivity index (χ3n) is 9.85. The zero-order valence-electron chi connectivity index (χ0n) is 36.9. The maximum absolute atomic E-state index is 13.5. The summed E-state index contributed by atoms with van der Waals surface area (Å²) in [5.41, 5.74) is 14.6. The number of anilines is 2. The van der Waals surface area contributed by atoms with Gasteiger partial charge in [0, 0.05) is 54.6 Å². The number of benzene rings is 3. The molecule has 19 nitrogen and oxygen atoms in total. The Bertz CT molecular complexity index is 2240. The van der Waals surface area contributed by atoms with E-state index in [0.717, 1.165) is 50.5 Å². The number of carbonyl (C=O) groups is 7. The molecule has 25 heteroatoms. The summed E-state index contributed by atoms with van der Waals surface area (Å²) >= 11 is 0. The first-order valence-corrected chi connectivity index (χ1v) is 21.3. The van der Waals surface area contributed by atoms with Gasteiger partial charge in [0.2, 0.25) is 5.91 Å². The number of ether oxygens (including phenoxy) is 1. The van der Waals surface area contributed by atoms with Crippen LogP contribution in [0.2, 0.25) is 0 Å². The van der Waals surface area contributed by atoms with Crippen molar-refractivity contribution in [3.05, 3.63) is 89.0 Å². The second kappa shape index (κ2) is 26.8. The number of guanidine groups is 1. The summed E-state index contributed by atoms with van der Waals surface area (Å²) in [6.07, 6.45) is -2.56. The predicted molar refractivity (Wildman–Crippen MR) is 237 cm³/mol. The lowest BCUT2D eigenvalue weighted by Gasteiger charge is -2.24. The Morgan fingerprint density at radius 3 is 1.80 bits per heavy atom. The van der Waals surface area contributed by atoms with Crippen molar-refractivity contribution in [2.45, 2.75) is 88.8 Å². The average molecular weight is 982 g/mol. The van der Waals surface area contributed by atoms with Gasteiger partial charge < -0.3 is 57.9 Å². The quantitative estimate of drug-likeness (QED) is 0.0317. The molecule has 0 unspecified atom stereocenters. The monoisotopic (exact) mass is 981 g/mol. The number of carboxylic acid groups (broad SMARTS) is 2. The van der Waals surface area contributed by atoms with Gasteiger partial charge >= 0.3 is 24.3 Å². The summed E-state index contributed by atoms with van der Waals surface area (Å²) in [6, 6.07) is 18.5. The van der Waals surface area contributed by atoms with Crippen LogP contribution >= 0.6 is 0 Å². The van der Waals surface area contributed by atoms with Gasteiger partial charge in [-0.2, -0.15) is 26.3 Å². The molecule has 1 heterocycles. The van der Waals surface area contributed by atoms with Crippen molar-refractivity contribution >= 4 is 58.8 Å². The van der Waals surface area contributed by atoms with Crippen LogP contribution in [0.5, 0.6) is 5.75 Å². The number of halogens is 6. The fourth-order valence-electron chi connectivity index (χ4n) is 6.10. The Morgan fingerprint density at radius 1 is 0.739 bits per heavy atom. The molecule has 69 heavy (non-hydrogen) atoms. The van der Waals surface area contributed by atoms with Crippen LogP contribution in [0.3, 0.4) is 0 Å². The van der Waals surface area contributed by atoms with Crippen molar-refractivity contribution in [3.63, 3.8) is 0 Å². The predicted octanol–water partition coefficient (Wildman–Crippen LogP) is 4.73. The maximum atomic E-state index is 13.5. The minimum Gasteiger partial charge on any atom is -0.482 e. The Morgan fingerprint density at radius 2 is 1.25 bits per heavy atom. The standard InChI is InChI=1S/C40H51N9O6.2C2HF3O2/c41-32(7-6-22-46-40(42)43)38(53)45-21-5-3-1-2-4-20-44-36(51)27-12-15-30(16-13-27)47-37(52)28-10-8-26(9-11-28)24-49(31-17-18-31)39(54)29-14-19-33-34(23-29)55-25-35(50)48-33;2*3-2(4,5)1(6)7/h8-16,19,23,31-32H,1-7,17-18,20-22,24-25,41H2,(H,44,51)(H,45,53)(H,47,52)(H,48,50)(H4,42,43,46);2*(H,6,7)/t32-;;/m0../s1. The van der Waals surface area contributed by atoms with E-state index in [1.54, 1.807) is 54.6 Å². The number of nitrogens with zero attached hydrogens (tertiary/aromatic N) is 1. The van der Waals surface area contributed by atoms with Gasteiger partial charge in [-0.1, -0.05) is 31.4 Å². The molecule has 5 rings (SSSR count). The number of fused-ring (bicyclic) bond motifs is 1. The molecule has 0 saturated heterocycles. The number of hydrogen-bond acceptors (Lipinski definition) is 10. The summed E-state index contributed by atoms with van der Waals surface area (Å²) in [7, 11) is 0. The summed E-state index contributed by atoms with van der Waals surface area (Å²) in [5, 5.41) is 35.5. The number of unbranched alkanes of at least 4 members (excludes halogenated alkanes) is 4. The highest BCUT2D eigenvalue weighted by Crippen LogP contribution is 2.33. The topological polar surface area (TPSA) is 308 Å². The third kappa shape index (κ3) is 20.5. The normalized spacial score (nSPS) is 13.2. The zero-order valence-corrected chi connectivity index (χ0v) is 36.9. The van der Waals surface area contributed by atoms with Crippen molar-refractivity contribution in [1.82, 2.24) is 20.9 Å². The molecular formula is C44H53F6N9O10. The molecule has 2 aliphatic rings. The Balaban J connectivity index is 0.000000782. The molecule has 0 spiro atoms. The number of nitrogens with one attached hydrogen (secondary N) is 6. The third-order valence-corrected chi connectivity index (χ3v) is 9.85. The van der Waals surface area contributed by atoms with Crippen LogP contribution in [0.1, 0.15) is 94.4 Å². The van der Waals surface area contributed by atoms with Gasteiger partial charge in [0.05, 0.1) is 11.7 Å². The zero-order chi connectivity index (χ0) is 51.3. The lowest BCUT2D eigenvalue weighted by molar-refractivity contribution is -0.193. The number of carbonyl (C=O) groups excluding carboxylic acids is 5. The number of rotatable bonds is 20. The lowest BCUT2D eigenvalue weighted by Crippen LogP contribution is -2.41. The minimum absolute atomic E-state index is 0.0857. The number of carboxylic acids is 2. The van der Waals surface area contributed by atoms with Crippen LogP contribution in [0.15, 0.2) is 66.7 Å². The fourth-order valence-corrected chi connectivity index (χ4v) is 6.10. The van der Waals surface area contributed by atoms with E-state index in [1.807, 2.05) is 17.0 Å². The molecule has 0 radical (unpaired) electrons. The van der Waals surface area contributed by atoms with E-state index in [0.29, 0.717) is 72.8 Å². The molecule has 0 bridgehead atoms. The molecule has 5 amide bonds. The number of nitrogens with two attached hydrogens (primary N) is 2. The van der Waals surface area contributed by atoms with E-state index in [9.17, 15) is 50.3 Å². The van der Waals surface area contributed by atoms with Crippen molar-refractivity contribution in [2.24, 2.45) is 11.5 Å². The van der Waals surface area contributed by atoms with Gasteiger partial charge in [-0.3, -0.25) is 29.4 Å². The van der Waals surface area contributed by atoms with Crippen LogP contribution in [0.4, 0.5) is 37.7 Å². The average Bonchev–Trinajstić information content (AvgIpc) is 4.14. The van der Waals surface area contributed by atoms with Gasteiger partial charge in [-0.25, -0.2) is 9.59 Å². The van der Waals surface area contributed by atoms with Crippen molar-refractivity contribution < 1.29 is 74.9 Å². The Kier molecular flexibility index (Phi) is 21.7. The highest BCUT2D eigenvalue weighted by Gasteiger charge is 2.39. The van der Waals surface area contributed by atoms with E-state index in [-0.39, 0.29) is 48.1 Å². The van der Waals surface area contributed by atoms with E-state index in [2.05, 4.69) is 26.6 Å². The second-order valence-electron chi connectivity index (χ2n) is 15.5. The van der Waals surface area contributed by atoms with Gasteiger partial charge in [0.15, 0.2) is 12.6 Å². The van der Waals surface area contributed by atoms with Crippen molar-refractivity contribution in [3.8, 4) is 5.75 Å². The fraction of sp³-hybridized carbons (Fsp3) is 0.409. The molecule has 376 valence electrons. The Hall–Kier alpha value is -7.44. The summed E-state index contributed by atoms with van der Waals surface area (Å²) in [6.45, 7) is 1.94. The number of aliphatic carboxylic acids is 2. The van der Waals surface area contributed by atoms with Crippen LogP contribution < -0.4 is 42.8 Å². The largest absolute Gasteiger partial charge is 0.490 e. The molecule has 0 aromatic heterocycles. The molecule has 3 aromatic carbocycles. The SMILES string of the molecule is N=C(N)NCCC[C@H](N)C(=O)NCCCCCCCNC(=O)c1ccc(NC(=O)c2ccc(CN(C(=O)c3ccc4c(c3)OCC(=O)N4)C3CC3)cc2)cc1.O=C(O)C(F)(F)F.O=C(O)C(F)(F)F. The molecule has 3 aromatic rings. The minimum atomic E-state index is -5.08. The van der Waals surface area contributed by atoms with Gasteiger partial charge in [0.25, 0.3) is 23.6 Å². The Labute approximate surface area is 391 Å². The maximum Gasteiger partial charge on any atom is 0.490 e. The van der Waals surface area contributed by atoms with Crippen LogP contribution in [0, 0.1) is 5.41 Å². The van der Waals surface area contributed by atoms with Gasteiger partial charge in [-0.15, -0.1) is 0 Å². The molecule has 1 aliphatic heterocycles. The highest BCUT2D eigenvalue weighted by atomic mass is 19.4.